The Bertz CT molecular complexity index is 622. The first-order chi connectivity index (χ1) is 11.8. The molecule has 0 aromatic heterocycles. The van der Waals surface area contributed by atoms with Gasteiger partial charge in [-0.25, -0.2) is 0 Å². The van der Waals surface area contributed by atoms with Crippen molar-refractivity contribution in [2.24, 2.45) is 0 Å². The van der Waals surface area contributed by atoms with Gasteiger partial charge in [-0.1, -0.05) is 12.1 Å². The minimum absolute atomic E-state index is 0.0793. The second kappa shape index (κ2) is 8.19. The summed E-state index contributed by atoms with van der Waals surface area (Å²) in [4.78, 5) is 26.1. The van der Waals surface area contributed by atoms with E-state index in [1.165, 1.54) is 17.0 Å². The van der Waals surface area contributed by atoms with Crippen LogP contribution in [0.2, 0.25) is 0 Å². The maximum absolute atomic E-state index is 12.5. The van der Waals surface area contributed by atoms with Crippen LogP contribution < -0.4 is 5.32 Å². The van der Waals surface area contributed by atoms with E-state index >= 15 is 0 Å². The van der Waals surface area contributed by atoms with Crippen molar-refractivity contribution < 1.29 is 32.6 Å². The number of likely N-dealkylation sites (tertiary alicyclic amines) is 1. The van der Waals surface area contributed by atoms with Gasteiger partial charge < -0.3 is 20.1 Å². The molecule has 1 unspecified atom stereocenters. The van der Waals surface area contributed by atoms with Gasteiger partial charge in [-0.15, -0.1) is 0 Å². The lowest BCUT2D eigenvalue weighted by Crippen LogP contribution is -2.46. The third-order valence-corrected chi connectivity index (χ3v) is 3.76. The summed E-state index contributed by atoms with van der Waals surface area (Å²) in [6.45, 7) is -1.35. The molecular weight excluding hydrogens is 341 g/mol. The number of carbonyl (C=O) groups excluding carboxylic acids is 2. The number of ether oxygens (including phenoxy) is 1. The smallest absolute Gasteiger partial charge is 0.411 e. The molecule has 1 aliphatic heterocycles. The second-order valence-corrected chi connectivity index (χ2v) is 5.63. The molecule has 1 saturated heterocycles. The number of nitrogens with zero attached hydrogens (tertiary/aromatic N) is 1. The van der Waals surface area contributed by atoms with Gasteiger partial charge in [0.25, 0.3) is 5.91 Å². The van der Waals surface area contributed by atoms with Gasteiger partial charge in [0.1, 0.15) is 18.4 Å². The van der Waals surface area contributed by atoms with Crippen molar-refractivity contribution >= 4 is 11.8 Å². The lowest BCUT2D eigenvalue weighted by molar-refractivity contribution is -0.173. The Morgan fingerprint density at radius 2 is 2.04 bits per heavy atom. The van der Waals surface area contributed by atoms with Gasteiger partial charge in [0.2, 0.25) is 5.91 Å². The number of carbonyl (C=O) groups is 2. The maximum Gasteiger partial charge on any atom is 0.411 e. The fourth-order valence-corrected chi connectivity index (χ4v) is 2.64. The molecule has 0 aliphatic carbocycles. The summed E-state index contributed by atoms with van der Waals surface area (Å²) in [5, 5.41) is 12.2. The largest absolute Gasteiger partial charge is 0.507 e. The van der Waals surface area contributed by atoms with E-state index in [0.29, 0.717) is 19.4 Å². The number of phenols is 1. The standard InChI is InChI=1S/C16H19F3N2O4/c17-16(18,19)10-25-9-7-20-14(23)12-5-3-8-21(12)15(24)11-4-1-2-6-13(11)22/h1-2,4,6,12,22H,3,5,7-10H2,(H,20,23). The van der Waals surface area contributed by atoms with Gasteiger partial charge in [0, 0.05) is 13.1 Å². The summed E-state index contributed by atoms with van der Waals surface area (Å²) in [5.74, 6) is -1.07. The molecule has 1 fully saturated rings. The Labute approximate surface area is 142 Å². The molecule has 2 amide bonds. The van der Waals surface area contributed by atoms with Gasteiger partial charge in [0.05, 0.1) is 12.2 Å². The van der Waals surface area contributed by atoms with E-state index in [1.54, 1.807) is 12.1 Å². The predicted molar refractivity (Wildman–Crippen MR) is 82.0 cm³/mol. The molecule has 2 rings (SSSR count). The van der Waals surface area contributed by atoms with Crippen molar-refractivity contribution in [1.29, 1.82) is 0 Å². The lowest BCUT2D eigenvalue weighted by atomic mass is 10.1. The average molecular weight is 360 g/mol. The molecule has 0 bridgehead atoms. The Morgan fingerprint density at radius 1 is 1.32 bits per heavy atom. The van der Waals surface area contributed by atoms with Crippen molar-refractivity contribution in [1.82, 2.24) is 10.2 Å². The molecule has 0 spiro atoms. The number of nitrogens with one attached hydrogen (secondary N) is 1. The summed E-state index contributed by atoms with van der Waals surface area (Å²) < 4.78 is 40.2. The van der Waals surface area contributed by atoms with Crippen LogP contribution in [0.3, 0.4) is 0 Å². The molecule has 138 valence electrons. The SMILES string of the molecule is O=C(NCCOCC(F)(F)F)C1CCCN1C(=O)c1ccccc1O. The summed E-state index contributed by atoms with van der Waals surface area (Å²) >= 11 is 0. The second-order valence-electron chi connectivity index (χ2n) is 5.63. The van der Waals surface area contributed by atoms with Crippen molar-refractivity contribution in [3.8, 4) is 5.75 Å². The molecule has 9 heteroatoms. The molecule has 1 atom stereocenters. The minimum Gasteiger partial charge on any atom is -0.507 e. The van der Waals surface area contributed by atoms with Gasteiger partial charge in [-0.2, -0.15) is 13.2 Å². The van der Waals surface area contributed by atoms with Crippen LogP contribution in [0.15, 0.2) is 24.3 Å². The molecule has 0 radical (unpaired) electrons. The first kappa shape index (κ1) is 19.0. The highest BCUT2D eigenvalue weighted by Gasteiger charge is 2.35. The predicted octanol–water partition coefficient (Wildman–Crippen LogP) is 1.69. The number of hydrogen-bond acceptors (Lipinski definition) is 4. The van der Waals surface area contributed by atoms with E-state index in [9.17, 15) is 27.9 Å². The number of rotatable bonds is 6. The van der Waals surface area contributed by atoms with E-state index in [4.69, 9.17) is 0 Å². The zero-order valence-corrected chi connectivity index (χ0v) is 13.4. The molecule has 1 heterocycles. The van der Waals surface area contributed by atoms with Crippen LogP contribution in [0.1, 0.15) is 23.2 Å². The van der Waals surface area contributed by atoms with Gasteiger partial charge in [0.15, 0.2) is 0 Å². The molecule has 1 aliphatic rings. The van der Waals surface area contributed by atoms with Crippen molar-refractivity contribution in [2.45, 2.75) is 25.1 Å². The van der Waals surface area contributed by atoms with Gasteiger partial charge in [-0.05, 0) is 25.0 Å². The van der Waals surface area contributed by atoms with Crippen molar-refractivity contribution in [3.05, 3.63) is 29.8 Å². The Balaban J connectivity index is 1.87. The van der Waals surface area contributed by atoms with Crippen molar-refractivity contribution in [3.63, 3.8) is 0 Å². The van der Waals surface area contributed by atoms with E-state index < -0.39 is 30.6 Å². The fourth-order valence-electron chi connectivity index (χ4n) is 2.64. The van der Waals surface area contributed by atoms with E-state index in [2.05, 4.69) is 10.1 Å². The molecule has 25 heavy (non-hydrogen) atoms. The van der Waals surface area contributed by atoms with Crippen LogP contribution in [0, 0.1) is 0 Å². The normalized spacial score (nSPS) is 17.6. The highest BCUT2D eigenvalue weighted by molar-refractivity contribution is 5.99. The fraction of sp³-hybridized carbons (Fsp3) is 0.500. The first-order valence-corrected chi connectivity index (χ1v) is 7.81. The van der Waals surface area contributed by atoms with Crippen LogP contribution in [0.4, 0.5) is 13.2 Å². The summed E-state index contributed by atoms with van der Waals surface area (Å²) in [6, 6.07) is 5.33. The summed E-state index contributed by atoms with van der Waals surface area (Å²) in [7, 11) is 0. The van der Waals surface area contributed by atoms with Crippen LogP contribution in [-0.2, 0) is 9.53 Å². The topological polar surface area (TPSA) is 78.9 Å². The molecule has 2 N–H and O–H groups in total. The zero-order chi connectivity index (χ0) is 18.4. The first-order valence-electron chi connectivity index (χ1n) is 7.81. The lowest BCUT2D eigenvalue weighted by Gasteiger charge is -2.24. The third-order valence-electron chi connectivity index (χ3n) is 3.76. The third kappa shape index (κ3) is 5.35. The Kier molecular flexibility index (Phi) is 6.24. The molecule has 1 aromatic rings. The van der Waals surface area contributed by atoms with Crippen molar-refractivity contribution in [2.75, 3.05) is 26.3 Å². The maximum atomic E-state index is 12.5. The average Bonchev–Trinajstić information content (AvgIpc) is 3.03. The summed E-state index contributed by atoms with van der Waals surface area (Å²) in [6.07, 6.45) is -3.33. The summed E-state index contributed by atoms with van der Waals surface area (Å²) in [5.41, 5.74) is 0.107. The zero-order valence-electron chi connectivity index (χ0n) is 13.4. The number of hydrogen-bond donors (Lipinski definition) is 2. The van der Waals surface area contributed by atoms with Crippen LogP contribution in [0.25, 0.3) is 0 Å². The minimum atomic E-state index is -4.41. The number of para-hydroxylation sites is 1. The van der Waals surface area contributed by atoms with Crippen LogP contribution >= 0.6 is 0 Å². The quantitative estimate of drug-likeness (QED) is 0.757. The van der Waals surface area contributed by atoms with E-state index in [0.717, 1.165) is 0 Å². The Hall–Kier alpha value is -2.29. The van der Waals surface area contributed by atoms with Crippen LogP contribution in [0.5, 0.6) is 5.75 Å². The van der Waals surface area contributed by atoms with E-state index in [-0.39, 0.29) is 24.5 Å². The number of halogens is 3. The van der Waals surface area contributed by atoms with Gasteiger partial charge in [-0.3, -0.25) is 9.59 Å². The van der Waals surface area contributed by atoms with E-state index in [1.807, 2.05) is 0 Å². The number of phenolic OH excluding ortho intramolecular Hbond substituents is 1. The van der Waals surface area contributed by atoms with Gasteiger partial charge >= 0.3 is 6.18 Å². The number of aromatic hydroxyl groups is 1. The highest BCUT2D eigenvalue weighted by Crippen LogP contribution is 2.24. The highest BCUT2D eigenvalue weighted by atomic mass is 19.4. The molecule has 6 nitrogen and oxygen atoms in total. The Morgan fingerprint density at radius 3 is 2.72 bits per heavy atom. The number of benzene rings is 1. The molecular formula is C16H19F3N2O4. The number of amides is 2. The molecule has 1 aromatic carbocycles. The van der Waals surface area contributed by atoms with Crippen LogP contribution in [-0.4, -0.2) is 60.3 Å². The molecule has 0 saturated carbocycles. The monoisotopic (exact) mass is 360 g/mol. The number of alkyl halides is 3.